The summed E-state index contributed by atoms with van der Waals surface area (Å²) in [5, 5.41) is 15.8. The van der Waals surface area contributed by atoms with E-state index in [4.69, 9.17) is 22.9 Å². The van der Waals surface area contributed by atoms with Crippen molar-refractivity contribution in [3.05, 3.63) is 0 Å². The fraction of sp³-hybridized carbons (Fsp3) is 0.735. The number of aldehydes is 1. The van der Waals surface area contributed by atoms with Crippen molar-refractivity contribution in [2.75, 3.05) is 19.6 Å². The van der Waals surface area contributed by atoms with Crippen LogP contribution in [0.1, 0.15) is 93.4 Å². The third-order valence-electron chi connectivity index (χ3n) is 7.56. The Morgan fingerprint density at radius 3 is 1.34 bits per heavy atom. The molecule has 0 saturated carbocycles. The molecular weight excluding hydrogens is 688 g/mol. The molecule has 19 heteroatoms. The van der Waals surface area contributed by atoms with Crippen LogP contribution in [0.4, 0.5) is 0 Å². The summed E-state index contributed by atoms with van der Waals surface area (Å²) < 4.78 is 0. The first kappa shape index (κ1) is 48.0. The van der Waals surface area contributed by atoms with Crippen LogP contribution in [0.3, 0.4) is 0 Å². The maximum atomic E-state index is 13.7. The van der Waals surface area contributed by atoms with Crippen molar-refractivity contribution >= 4 is 53.6 Å². The van der Waals surface area contributed by atoms with Crippen LogP contribution in [0.2, 0.25) is 0 Å². The lowest BCUT2D eigenvalue weighted by Crippen LogP contribution is -2.59. The topological polar surface area (TPSA) is 320 Å². The monoisotopic (exact) mass is 753 g/mol. The molecule has 0 fully saturated rings. The zero-order valence-electron chi connectivity index (χ0n) is 32.3. The van der Waals surface area contributed by atoms with Gasteiger partial charge < -0.3 is 59.6 Å². The van der Waals surface area contributed by atoms with E-state index in [1.165, 1.54) is 6.92 Å². The maximum absolute atomic E-state index is 13.7. The maximum Gasteiger partial charge on any atom is 0.243 e. The SMILES string of the molecule is CC(=O)N[C@@H](CCCN=C(N)N)C(=O)N[C@@H](CC(C)C)C(=O)N[C@@H](CC(C)C)C(=O)N[C@@H](CC(C)C)C(=O)NCC(=O)N[C@H](C=O)CCCN=C(N)N. The zero-order chi connectivity index (χ0) is 40.7. The van der Waals surface area contributed by atoms with Gasteiger partial charge in [0.25, 0.3) is 0 Å². The average molecular weight is 753 g/mol. The Hall–Kier alpha value is -4.97. The number of rotatable bonds is 26. The molecule has 0 aliphatic heterocycles. The van der Waals surface area contributed by atoms with Gasteiger partial charge in [-0.15, -0.1) is 0 Å². The summed E-state index contributed by atoms with van der Waals surface area (Å²) in [5.41, 5.74) is 21.3. The molecule has 6 amide bonds. The smallest absolute Gasteiger partial charge is 0.243 e. The molecule has 0 aromatic heterocycles. The van der Waals surface area contributed by atoms with Gasteiger partial charge in [-0.3, -0.25) is 38.8 Å². The second kappa shape index (κ2) is 25.9. The van der Waals surface area contributed by atoms with E-state index >= 15 is 0 Å². The molecule has 14 N–H and O–H groups in total. The number of carbonyl (C=O) groups is 7. The molecular formula is C34H64N12O7. The van der Waals surface area contributed by atoms with Crippen molar-refractivity contribution in [3.8, 4) is 0 Å². The lowest BCUT2D eigenvalue weighted by molar-refractivity contribution is -0.135. The summed E-state index contributed by atoms with van der Waals surface area (Å²) in [7, 11) is 0. The summed E-state index contributed by atoms with van der Waals surface area (Å²) in [6, 6.07) is -4.94. The van der Waals surface area contributed by atoms with Gasteiger partial charge in [0.05, 0.1) is 12.6 Å². The first-order chi connectivity index (χ1) is 24.7. The van der Waals surface area contributed by atoms with E-state index in [2.05, 4.69) is 41.9 Å². The summed E-state index contributed by atoms with van der Waals surface area (Å²) in [6.07, 6.45) is 2.56. The van der Waals surface area contributed by atoms with Gasteiger partial charge in [-0.2, -0.15) is 0 Å². The molecule has 302 valence electrons. The van der Waals surface area contributed by atoms with Gasteiger partial charge in [0.15, 0.2) is 11.9 Å². The normalized spacial score (nSPS) is 13.8. The van der Waals surface area contributed by atoms with Crippen LogP contribution < -0.4 is 54.8 Å². The van der Waals surface area contributed by atoms with Gasteiger partial charge >= 0.3 is 0 Å². The van der Waals surface area contributed by atoms with E-state index in [-0.39, 0.29) is 74.9 Å². The van der Waals surface area contributed by atoms with Crippen LogP contribution in [0, 0.1) is 17.8 Å². The molecule has 0 rings (SSSR count). The Balaban J connectivity index is 5.80. The van der Waals surface area contributed by atoms with Crippen LogP contribution in [-0.2, 0) is 33.6 Å². The highest BCUT2D eigenvalue weighted by atomic mass is 16.2. The fourth-order valence-electron chi connectivity index (χ4n) is 5.19. The van der Waals surface area contributed by atoms with Gasteiger partial charge in [-0.05, 0) is 62.7 Å². The van der Waals surface area contributed by atoms with Crippen molar-refractivity contribution in [2.45, 2.75) is 124 Å². The minimum Gasteiger partial charge on any atom is -0.370 e. The van der Waals surface area contributed by atoms with Crippen molar-refractivity contribution in [1.29, 1.82) is 0 Å². The number of amides is 6. The molecule has 53 heavy (non-hydrogen) atoms. The van der Waals surface area contributed by atoms with E-state index in [0.717, 1.165) is 0 Å². The molecule has 0 bridgehead atoms. The lowest BCUT2D eigenvalue weighted by atomic mass is 9.98. The highest BCUT2D eigenvalue weighted by Gasteiger charge is 2.32. The average Bonchev–Trinajstić information content (AvgIpc) is 3.04. The van der Waals surface area contributed by atoms with E-state index in [9.17, 15) is 33.6 Å². The van der Waals surface area contributed by atoms with Crippen molar-refractivity contribution in [3.63, 3.8) is 0 Å². The molecule has 5 atom stereocenters. The van der Waals surface area contributed by atoms with E-state index in [0.29, 0.717) is 19.1 Å². The van der Waals surface area contributed by atoms with Crippen molar-refractivity contribution in [1.82, 2.24) is 31.9 Å². The summed E-state index contributed by atoms with van der Waals surface area (Å²) in [6.45, 7) is 12.5. The van der Waals surface area contributed by atoms with Crippen molar-refractivity contribution in [2.24, 2.45) is 50.7 Å². The molecule has 0 aliphatic rings. The van der Waals surface area contributed by atoms with Gasteiger partial charge in [-0.1, -0.05) is 41.5 Å². The quantitative estimate of drug-likeness (QED) is 0.0199. The predicted molar refractivity (Wildman–Crippen MR) is 203 cm³/mol. The Bertz CT molecular complexity index is 1260. The molecule has 0 heterocycles. The molecule has 0 saturated heterocycles. The first-order valence-electron chi connectivity index (χ1n) is 18.1. The Kier molecular flexibility index (Phi) is 23.5. The van der Waals surface area contributed by atoms with Crippen LogP contribution in [0.25, 0.3) is 0 Å². The number of aliphatic imine (C=N–C) groups is 2. The number of hydrogen-bond donors (Lipinski definition) is 10. The zero-order valence-corrected chi connectivity index (χ0v) is 32.3. The molecule has 0 aromatic carbocycles. The van der Waals surface area contributed by atoms with Gasteiger partial charge in [-0.25, -0.2) is 0 Å². The molecule has 0 aliphatic carbocycles. The second-order valence-corrected chi connectivity index (χ2v) is 14.3. The second-order valence-electron chi connectivity index (χ2n) is 14.3. The van der Waals surface area contributed by atoms with Gasteiger partial charge in [0.1, 0.15) is 30.5 Å². The molecule has 0 radical (unpaired) electrons. The number of nitrogens with one attached hydrogen (secondary N) is 6. The van der Waals surface area contributed by atoms with Gasteiger partial charge in [0.2, 0.25) is 35.4 Å². The summed E-state index contributed by atoms with van der Waals surface area (Å²) in [4.78, 5) is 97.5. The Morgan fingerprint density at radius 1 is 0.566 bits per heavy atom. The van der Waals surface area contributed by atoms with Crippen LogP contribution >= 0.6 is 0 Å². The standard InChI is InChI=1S/C34H64N12O7/c1-19(2)14-25(29(50)41-17-28(49)43-23(18-47)10-8-12-39-33(35)36)44-31(52)27(16-21(5)6)46-32(53)26(15-20(3)4)45-30(51)24(42-22(7)48)11-9-13-40-34(37)38/h18-21,23-27H,8-17H2,1-7H3,(H,41,50)(H,42,48)(H,43,49)(H,44,52)(H,45,51)(H,46,53)(H4,35,36,39)(H4,37,38,40)/t23-,24-,25-,26-,27-/m0/s1. The van der Waals surface area contributed by atoms with Gasteiger partial charge in [0, 0.05) is 20.0 Å². The minimum atomic E-state index is -1.07. The van der Waals surface area contributed by atoms with E-state index in [1.807, 2.05) is 41.5 Å². The third-order valence-corrected chi connectivity index (χ3v) is 7.56. The molecule has 0 aromatic rings. The Labute approximate surface area is 312 Å². The first-order valence-corrected chi connectivity index (χ1v) is 18.1. The van der Waals surface area contributed by atoms with E-state index < -0.39 is 72.2 Å². The van der Waals surface area contributed by atoms with Crippen LogP contribution in [0.5, 0.6) is 0 Å². The van der Waals surface area contributed by atoms with Crippen LogP contribution in [-0.4, -0.2) is 103 Å². The number of carbonyl (C=O) groups excluding carboxylic acids is 7. The third kappa shape index (κ3) is 23.3. The lowest BCUT2D eigenvalue weighted by Gasteiger charge is -2.28. The minimum absolute atomic E-state index is 0.0349. The molecule has 0 unspecified atom stereocenters. The fourth-order valence-corrected chi connectivity index (χ4v) is 5.19. The number of hydrogen-bond acceptors (Lipinski definition) is 9. The number of nitrogens with two attached hydrogens (primary N) is 4. The largest absolute Gasteiger partial charge is 0.370 e. The molecule has 19 nitrogen and oxygen atoms in total. The predicted octanol–water partition coefficient (Wildman–Crippen LogP) is -2.01. The Morgan fingerprint density at radius 2 is 0.962 bits per heavy atom. The highest BCUT2D eigenvalue weighted by Crippen LogP contribution is 2.12. The molecule has 0 spiro atoms. The summed E-state index contributed by atoms with van der Waals surface area (Å²) >= 11 is 0. The highest BCUT2D eigenvalue weighted by molar-refractivity contribution is 5.96. The number of guanidine groups is 2. The number of nitrogens with zero attached hydrogens (tertiary/aromatic N) is 2. The van der Waals surface area contributed by atoms with Crippen molar-refractivity contribution < 1.29 is 33.6 Å². The summed E-state index contributed by atoms with van der Waals surface area (Å²) in [5.74, 6) is -3.79. The van der Waals surface area contributed by atoms with E-state index in [1.54, 1.807) is 0 Å². The van der Waals surface area contributed by atoms with Crippen LogP contribution in [0.15, 0.2) is 9.98 Å².